The number of nitrogens with zero attached hydrogens (tertiary/aromatic N) is 3. The van der Waals surface area contributed by atoms with E-state index in [1.165, 1.54) is 12.8 Å². The van der Waals surface area contributed by atoms with Crippen molar-refractivity contribution in [1.29, 1.82) is 0 Å². The molecule has 0 radical (unpaired) electrons. The summed E-state index contributed by atoms with van der Waals surface area (Å²) in [5.74, 6) is 1.87. The first-order chi connectivity index (χ1) is 13.7. The van der Waals surface area contributed by atoms with E-state index >= 15 is 0 Å². The molecular weight excluding hydrogens is 352 g/mol. The van der Waals surface area contributed by atoms with E-state index in [2.05, 4.69) is 10.3 Å². The minimum Gasteiger partial charge on any atom is -0.497 e. The highest BCUT2D eigenvalue weighted by Gasteiger charge is 2.33. The van der Waals surface area contributed by atoms with Crippen LogP contribution in [-0.4, -0.2) is 21.9 Å². The van der Waals surface area contributed by atoms with Crippen LogP contribution in [-0.2, 0) is 0 Å². The maximum atomic E-state index is 12.8. The summed E-state index contributed by atoms with van der Waals surface area (Å²) in [7, 11) is 1.62. The zero-order valence-electron chi connectivity index (χ0n) is 15.8. The summed E-state index contributed by atoms with van der Waals surface area (Å²) in [5, 5.41) is 8.45. The smallest absolute Gasteiger partial charge is 0.300 e. The van der Waals surface area contributed by atoms with E-state index in [1.54, 1.807) is 7.11 Å². The lowest BCUT2D eigenvalue weighted by Crippen LogP contribution is -2.35. The minimum atomic E-state index is -0.307. The fourth-order valence-electron chi connectivity index (χ4n) is 4.32. The molecule has 1 aromatic heterocycles. The van der Waals surface area contributed by atoms with Crippen LogP contribution in [0.3, 0.4) is 0 Å². The molecule has 2 aromatic carbocycles. The highest BCUT2D eigenvalue weighted by molar-refractivity contribution is 5.76. The summed E-state index contributed by atoms with van der Waals surface area (Å²) < 4.78 is 7.15. The van der Waals surface area contributed by atoms with Crippen molar-refractivity contribution >= 4 is 5.69 Å². The van der Waals surface area contributed by atoms with E-state index in [0.29, 0.717) is 17.4 Å². The number of benzene rings is 2. The van der Waals surface area contributed by atoms with E-state index in [4.69, 9.17) is 9.84 Å². The molecule has 1 aliphatic heterocycles. The van der Waals surface area contributed by atoms with Gasteiger partial charge in [0.25, 0.3) is 5.56 Å². The molecule has 0 saturated heterocycles. The summed E-state index contributed by atoms with van der Waals surface area (Å²) in [5.41, 5.74) is 2.75. The fourth-order valence-corrected chi connectivity index (χ4v) is 4.32. The average Bonchev–Trinajstić information content (AvgIpc) is 3.27. The molecule has 0 spiro atoms. The number of nitrogens with one attached hydrogen (secondary N) is 1. The molecule has 2 heterocycles. The number of ether oxygens (including phenoxy) is 1. The van der Waals surface area contributed by atoms with Crippen LogP contribution in [0.1, 0.15) is 31.8 Å². The van der Waals surface area contributed by atoms with Crippen LogP contribution in [0.4, 0.5) is 5.69 Å². The van der Waals surface area contributed by atoms with Gasteiger partial charge in [-0.05, 0) is 55.2 Å². The van der Waals surface area contributed by atoms with Gasteiger partial charge in [0, 0.05) is 16.8 Å². The standard InChI is InChI=1S/C22H22N4O2/c1-28-16-12-10-14(11-13-16)19-22(27)24-21-17-8-4-5-9-18(17)23-20(26(21)25-19)15-6-2-3-7-15/h4-5,8-13,15,20,23H,2-3,6-7H2,1H3/t20-/m0/s1. The van der Waals surface area contributed by atoms with E-state index in [9.17, 15) is 4.79 Å². The third-order valence-corrected chi connectivity index (χ3v) is 5.78. The fraction of sp³-hybridized carbons (Fsp3) is 0.318. The maximum Gasteiger partial charge on any atom is 0.300 e. The van der Waals surface area contributed by atoms with Crippen LogP contribution in [0, 0.1) is 5.92 Å². The third-order valence-electron chi connectivity index (χ3n) is 5.78. The van der Waals surface area contributed by atoms with Gasteiger partial charge in [0.05, 0.1) is 7.11 Å². The van der Waals surface area contributed by atoms with Gasteiger partial charge in [0.1, 0.15) is 11.9 Å². The number of rotatable bonds is 3. The summed E-state index contributed by atoms with van der Waals surface area (Å²) >= 11 is 0. The number of fused-ring (bicyclic) bond motifs is 3. The summed E-state index contributed by atoms with van der Waals surface area (Å²) in [4.78, 5) is 17.3. The Morgan fingerprint density at radius 1 is 1.07 bits per heavy atom. The Labute approximate surface area is 163 Å². The van der Waals surface area contributed by atoms with Gasteiger partial charge >= 0.3 is 0 Å². The molecule has 142 valence electrons. The SMILES string of the molecule is COc1ccc(-c2nn3c(nc2=O)-c2ccccc2N[C@@H]3C2CCCC2)cc1. The Balaban J connectivity index is 1.67. The van der Waals surface area contributed by atoms with Crippen LogP contribution in [0.25, 0.3) is 22.6 Å². The number of anilines is 1. The molecule has 3 aromatic rings. The van der Waals surface area contributed by atoms with Crippen molar-refractivity contribution in [2.24, 2.45) is 5.92 Å². The van der Waals surface area contributed by atoms with E-state index in [-0.39, 0.29) is 11.7 Å². The lowest BCUT2D eigenvalue weighted by Gasteiger charge is -2.33. The van der Waals surface area contributed by atoms with Gasteiger partial charge in [0.2, 0.25) is 0 Å². The van der Waals surface area contributed by atoms with Crippen LogP contribution in [0.15, 0.2) is 53.3 Å². The number of aromatic nitrogens is 3. The average molecular weight is 374 g/mol. The number of hydrogen-bond donors (Lipinski definition) is 1. The summed E-state index contributed by atoms with van der Waals surface area (Å²) in [6, 6.07) is 15.4. The lowest BCUT2D eigenvalue weighted by molar-refractivity contribution is 0.337. The van der Waals surface area contributed by atoms with Crippen molar-refractivity contribution in [3.8, 4) is 28.4 Å². The maximum absolute atomic E-state index is 12.8. The minimum absolute atomic E-state index is 0.0116. The third kappa shape index (κ3) is 2.76. The molecular formula is C22H22N4O2. The van der Waals surface area contributed by atoms with Crippen LogP contribution < -0.4 is 15.6 Å². The van der Waals surface area contributed by atoms with Crippen molar-refractivity contribution in [3.05, 3.63) is 58.9 Å². The van der Waals surface area contributed by atoms with Crippen LogP contribution in [0.5, 0.6) is 5.75 Å². The first-order valence-corrected chi connectivity index (χ1v) is 9.76. The van der Waals surface area contributed by atoms with Gasteiger partial charge in [-0.1, -0.05) is 25.0 Å². The Bertz CT molecular complexity index is 1070. The number of para-hydroxylation sites is 1. The molecule has 1 N–H and O–H groups in total. The van der Waals surface area contributed by atoms with Gasteiger partial charge < -0.3 is 10.1 Å². The molecule has 1 fully saturated rings. The van der Waals surface area contributed by atoms with Gasteiger partial charge in [-0.15, -0.1) is 0 Å². The van der Waals surface area contributed by atoms with E-state index < -0.39 is 0 Å². The largest absolute Gasteiger partial charge is 0.497 e. The van der Waals surface area contributed by atoms with Crippen molar-refractivity contribution in [2.75, 3.05) is 12.4 Å². The predicted molar refractivity (Wildman–Crippen MR) is 108 cm³/mol. The van der Waals surface area contributed by atoms with Crippen LogP contribution >= 0.6 is 0 Å². The molecule has 0 amide bonds. The van der Waals surface area contributed by atoms with Gasteiger partial charge in [-0.2, -0.15) is 10.1 Å². The second kappa shape index (κ2) is 6.78. The van der Waals surface area contributed by atoms with Gasteiger partial charge in [-0.25, -0.2) is 4.68 Å². The molecule has 2 aliphatic rings. The highest BCUT2D eigenvalue weighted by atomic mass is 16.5. The normalized spacial score (nSPS) is 18.2. The second-order valence-corrected chi connectivity index (χ2v) is 7.44. The first-order valence-electron chi connectivity index (χ1n) is 9.76. The Morgan fingerprint density at radius 3 is 2.57 bits per heavy atom. The molecule has 1 aliphatic carbocycles. The molecule has 6 heteroatoms. The first kappa shape index (κ1) is 17.0. The zero-order valence-corrected chi connectivity index (χ0v) is 15.8. The van der Waals surface area contributed by atoms with Crippen molar-refractivity contribution in [3.63, 3.8) is 0 Å². The quantitative estimate of drug-likeness (QED) is 0.748. The molecule has 0 bridgehead atoms. The molecule has 28 heavy (non-hydrogen) atoms. The molecule has 1 saturated carbocycles. The topological polar surface area (TPSA) is 69.0 Å². The van der Waals surface area contributed by atoms with Crippen molar-refractivity contribution in [1.82, 2.24) is 14.8 Å². The van der Waals surface area contributed by atoms with Crippen molar-refractivity contribution < 1.29 is 4.74 Å². The van der Waals surface area contributed by atoms with Gasteiger partial charge in [-0.3, -0.25) is 4.79 Å². The second-order valence-electron chi connectivity index (χ2n) is 7.44. The predicted octanol–water partition coefficient (Wildman–Crippen LogP) is 4.10. The van der Waals surface area contributed by atoms with Crippen molar-refractivity contribution in [2.45, 2.75) is 31.8 Å². The number of hydrogen-bond acceptors (Lipinski definition) is 5. The molecule has 6 nitrogen and oxygen atoms in total. The molecule has 1 atom stereocenters. The lowest BCUT2D eigenvalue weighted by atomic mass is 10.0. The summed E-state index contributed by atoms with van der Waals surface area (Å²) in [6.45, 7) is 0. The van der Waals surface area contributed by atoms with E-state index in [1.807, 2.05) is 53.2 Å². The number of methoxy groups -OCH3 is 1. The Kier molecular flexibility index (Phi) is 4.11. The zero-order chi connectivity index (χ0) is 19.1. The van der Waals surface area contributed by atoms with Crippen LogP contribution in [0.2, 0.25) is 0 Å². The Hall–Kier alpha value is -3.15. The van der Waals surface area contributed by atoms with Gasteiger partial charge in [0.15, 0.2) is 11.5 Å². The highest BCUT2D eigenvalue weighted by Crippen LogP contribution is 2.41. The Morgan fingerprint density at radius 2 is 1.82 bits per heavy atom. The molecule has 0 unspecified atom stereocenters. The summed E-state index contributed by atoms with van der Waals surface area (Å²) in [6.07, 6.45) is 4.80. The van der Waals surface area contributed by atoms with E-state index in [0.717, 1.165) is 35.4 Å². The molecule has 5 rings (SSSR count). The monoisotopic (exact) mass is 374 g/mol.